The fourth-order valence-electron chi connectivity index (χ4n) is 1.85. The van der Waals surface area contributed by atoms with Gasteiger partial charge in [0.15, 0.2) is 0 Å². The highest BCUT2D eigenvalue weighted by atomic mass is 35.5. The fraction of sp³-hybridized carbons (Fsp3) is 0.500. The Kier molecular flexibility index (Phi) is 4.83. The van der Waals surface area contributed by atoms with E-state index in [4.69, 9.17) is 11.6 Å². The van der Waals surface area contributed by atoms with Gasteiger partial charge in [0.2, 0.25) is 0 Å². The molecule has 1 aliphatic rings. The minimum Gasteiger partial charge on any atom is -0.383 e. The molecule has 0 amide bonds. The van der Waals surface area contributed by atoms with Crippen LogP contribution in [0, 0.1) is 0 Å². The third-order valence-electron chi connectivity index (χ3n) is 2.89. The molecule has 1 N–H and O–H groups in total. The van der Waals surface area contributed by atoms with E-state index in [1.807, 2.05) is 24.3 Å². The predicted molar refractivity (Wildman–Crippen MR) is 74.3 cm³/mol. The average molecular weight is 273 g/mol. The minimum absolute atomic E-state index is 0.589. The van der Waals surface area contributed by atoms with Gasteiger partial charge in [0.05, 0.1) is 10.7 Å². The van der Waals surface area contributed by atoms with Crippen LogP contribution >= 0.6 is 11.6 Å². The van der Waals surface area contributed by atoms with E-state index in [-0.39, 0.29) is 0 Å². The molecular weight excluding hydrogens is 256 g/mol. The Balaban J connectivity index is 1.73. The van der Waals surface area contributed by atoms with Gasteiger partial charge in [-0.1, -0.05) is 23.7 Å². The molecule has 1 fully saturated rings. The van der Waals surface area contributed by atoms with Crippen molar-refractivity contribution in [2.45, 2.75) is 0 Å². The zero-order valence-corrected chi connectivity index (χ0v) is 11.3. The molecule has 5 heteroatoms. The Labute approximate surface area is 110 Å². The van der Waals surface area contributed by atoms with E-state index in [0.29, 0.717) is 0 Å². The number of rotatable bonds is 4. The second-order valence-corrected chi connectivity index (χ2v) is 6.20. The van der Waals surface area contributed by atoms with Gasteiger partial charge in [-0.2, -0.15) is 0 Å². The molecule has 0 saturated carbocycles. The summed E-state index contributed by atoms with van der Waals surface area (Å²) in [7, 11) is -0.589. The van der Waals surface area contributed by atoms with Crippen LogP contribution in [0.2, 0.25) is 5.02 Å². The Hall–Kier alpha value is -0.580. The largest absolute Gasteiger partial charge is 0.383 e. The van der Waals surface area contributed by atoms with Gasteiger partial charge in [0.25, 0.3) is 0 Å². The maximum absolute atomic E-state index is 11.2. The van der Waals surface area contributed by atoms with Crippen molar-refractivity contribution in [2.75, 3.05) is 43.0 Å². The van der Waals surface area contributed by atoms with E-state index in [2.05, 4.69) is 10.2 Å². The van der Waals surface area contributed by atoms with E-state index >= 15 is 0 Å². The van der Waals surface area contributed by atoms with E-state index in [9.17, 15) is 4.21 Å². The molecule has 0 spiro atoms. The fourth-order valence-corrected chi connectivity index (χ4v) is 3.18. The number of hydrogen-bond acceptors (Lipinski definition) is 3. The van der Waals surface area contributed by atoms with Gasteiger partial charge in [-0.05, 0) is 12.1 Å². The van der Waals surface area contributed by atoms with Crippen LogP contribution in [0.5, 0.6) is 0 Å². The Morgan fingerprint density at radius 3 is 2.71 bits per heavy atom. The first-order chi connectivity index (χ1) is 8.25. The standard InChI is InChI=1S/C12H17ClN2OS/c13-11-3-1-2-4-12(11)14-5-6-15-7-9-17(16)10-8-15/h1-4,14H,5-10H2. The monoisotopic (exact) mass is 272 g/mol. The molecule has 0 unspecified atom stereocenters. The van der Waals surface area contributed by atoms with Gasteiger partial charge in [-0.15, -0.1) is 0 Å². The predicted octanol–water partition coefficient (Wildman–Crippen LogP) is 1.82. The lowest BCUT2D eigenvalue weighted by molar-refractivity contribution is 0.311. The summed E-state index contributed by atoms with van der Waals surface area (Å²) >= 11 is 6.05. The van der Waals surface area contributed by atoms with Crippen molar-refractivity contribution in [3.05, 3.63) is 29.3 Å². The molecule has 2 rings (SSSR count). The highest BCUT2D eigenvalue weighted by Gasteiger charge is 2.14. The molecule has 1 aliphatic heterocycles. The molecular formula is C12H17ClN2OS. The third-order valence-corrected chi connectivity index (χ3v) is 4.49. The smallest absolute Gasteiger partial charge is 0.0637 e. The Morgan fingerprint density at radius 2 is 2.00 bits per heavy atom. The van der Waals surface area contributed by atoms with Crippen molar-refractivity contribution >= 4 is 28.1 Å². The van der Waals surface area contributed by atoms with Gasteiger partial charge in [0.1, 0.15) is 0 Å². The van der Waals surface area contributed by atoms with Crippen molar-refractivity contribution in [3.63, 3.8) is 0 Å². The second kappa shape index (κ2) is 6.38. The van der Waals surface area contributed by atoms with Crippen molar-refractivity contribution < 1.29 is 4.21 Å². The first-order valence-electron chi connectivity index (χ1n) is 5.81. The SMILES string of the molecule is O=S1CCN(CCNc2ccccc2Cl)CC1. The topological polar surface area (TPSA) is 32.3 Å². The highest BCUT2D eigenvalue weighted by Crippen LogP contribution is 2.19. The molecule has 17 heavy (non-hydrogen) atoms. The number of benzene rings is 1. The number of nitrogens with one attached hydrogen (secondary N) is 1. The van der Waals surface area contributed by atoms with Crippen LogP contribution in [-0.4, -0.2) is 46.8 Å². The summed E-state index contributed by atoms with van der Waals surface area (Å²) in [6.45, 7) is 3.73. The normalized spacial score (nSPS) is 18.2. The summed E-state index contributed by atoms with van der Waals surface area (Å²) < 4.78 is 11.2. The summed E-state index contributed by atoms with van der Waals surface area (Å²) in [5.74, 6) is 1.62. The maximum Gasteiger partial charge on any atom is 0.0637 e. The number of nitrogens with zero attached hydrogens (tertiary/aromatic N) is 1. The molecule has 0 bridgehead atoms. The van der Waals surface area contributed by atoms with Gasteiger partial charge < -0.3 is 5.32 Å². The number of hydrogen-bond donors (Lipinski definition) is 1. The van der Waals surface area contributed by atoms with Crippen LogP contribution in [0.25, 0.3) is 0 Å². The summed E-state index contributed by atoms with van der Waals surface area (Å²) in [6, 6.07) is 7.76. The molecule has 1 heterocycles. The lowest BCUT2D eigenvalue weighted by Gasteiger charge is -2.26. The summed E-state index contributed by atoms with van der Waals surface area (Å²) in [6.07, 6.45) is 0. The first-order valence-corrected chi connectivity index (χ1v) is 7.68. The molecule has 3 nitrogen and oxygen atoms in total. The summed E-state index contributed by atoms with van der Waals surface area (Å²) in [4.78, 5) is 2.34. The van der Waals surface area contributed by atoms with Gasteiger partial charge in [0, 0.05) is 48.5 Å². The van der Waals surface area contributed by atoms with E-state index in [1.54, 1.807) is 0 Å². The number of anilines is 1. The zero-order chi connectivity index (χ0) is 12.1. The van der Waals surface area contributed by atoms with Crippen molar-refractivity contribution in [1.29, 1.82) is 0 Å². The first kappa shape index (κ1) is 12.9. The summed E-state index contributed by atoms with van der Waals surface area (Å²) in [5, 5.41) is 4.08. The lowest BCUT2D eigenvalue weighted by Crippen LogP contribution is -2.40. The molecule has 1 saturated heterocycles. The number of para-hydroxylation sites is 1. The zero-order valence-electron chi connectivity index (χ0n) is 9.69. The van der Waals surface area contributed by atoms with Crippen LogP contribution in [0.3, 0.4) is 0 Å². The highest BCUT2D eigenvalue weighted by molar-refractivity contribution is 7.85. The number of halogens is 1. The van der Waals surface area contributed by atoms with Crippen molar-refractivity contribution in [3.8, 4) is 0 Å². The molecule has 94 valence electrons. The summed E-state index contributed by atoms with van der Waals surface area (Å²) in [5.41, 5.74) is 0.981. The average Bonchev–Trinajstić information content (AvgIpc) is 2.34. The Bertz CT molecular complexity index is 390. The van der Waals surface area contributed by atoms with Crippen LogP contribution in [-0.2, 0) is 10.8 Å². The van der Waals surface area contributed by atoms with E-state index < -0.39 is 10.8 Å². The van der Waals surface area contributed by atoms with Crippen molar-refractivity contribution in [2.24, 2.45) is 0 Å². The maximum atomic E-state index is 11.2. The van der Waals surface area contributed by atoms with Crippen LogP contribution < -0.4 is 5.32 Å². The third kappa shape index (κ3) is 3.98. The molecule has 0 atom stereocenters. The van der Waals surface area contributed by atoms with Crippen LogP contribution in [0.1, 0.15) is 0 Å². The molecule has 1 aromatic carbocycles. The van der Waals surface area contributed by atoms with E-state index in [1.165, 1.54) is 0 Å². The van der Waals surface area contributed by atoms with Gasteiger partial charge >= 0.3 is 0 Å². The van der Waals surface area contributed by atoms with Gasteiger partial charge in [-0.25, -0.2) is 0 Å². The minimum atomic E-state index is -0.589. The van der Waals surface area contributed by atoms with Crippen LogP contribution in [0.4, 0.5) is 5.69 Å². The molecule has 1 aromatic rings. The quantitative estimate of drug-likeness (QED) is 0.907. The molecule has 0 aliphatic carbocycles. The Morgan fingerprint density at radius 1 is 1.29 bits per heavy atom. The van der Waals surface area contributed by atoms with Crippen molar-refractivity contribution in [1.82, 2.24) is 4.90 Å². The lowest BCUT2D eigenvalue weighted by atomic mass is 10.3. The molecule has 0 aromatic heterocycles. The van der Waals surface area contributed by atoms with Crippen LogP contribution in [0.15, 0.2) is 24.3 Å². The second-order valence-electron chi connectivity index (χ2n) is 4.10. The molecule has 0 radical (unpaired) electrons. The van der Waals surface area contributed by atoms with Gasteiger partial charge in [-0.3, -0.25) is 9.11 Å². The van der Waals surface area contributed by atoms with E-state index in [0.717, 1.165) is 48.4 Å².